The van der Waals surface area contributed by atoms with E-state index in [0.717, 1.165) is 22.8 Å². The molecule has 0 radical (unpaired) electrons. The zero-order chi connectivity index (χ0) is 24.0. The SMILES string of the molecule is CC(C)(NC(=O)CCc1ccccc1)C(=O)N1CCOCC(Cc2cccc3ccncc23)C1. The van der Waals surface area contributed by atoms with Gasteiger partial charge in [0.1, 0.15) is 5.54 Å². The first-order chi connectivity index (χ1) is 16.4. The molecular formula is C28H33N3O3. The van der Waals surface area contributed by atoms with E-state index in [1.165, 1.54) is 5.56 Å². The van der Waals surface area contributed by atoms with E-state index in [2.05, 4.69) is 28.5 Å². The van der Waals surface area contributed by atoms with Crippen LogP contribution < -0.4 is 5.32 Å². The zero-order valence-electron chi connectivity index (χ0n) is 20.0. The van der Waals surface area contributed by atoms with E-state index in [9.17, 15) is 9.59 Å². The van der Waals surface area contributed by atoms with Crippen LogP contribution in [0.4, 0.5) is 0 Å². The van der Waals surface area contributed by atoms with Gasteiger partial charge in [-0.2, -0.15) is 0 Å². The van der Waals surface area contributed by atoms with E-state index in [1.807, 2.05) is 47.5 Å². The van der Waals surface area contributed by atoms with E-state index in [-0.39, 0.29) is 17.7 Å². The van der Waals surface area contributed by atoms with Crippen LogP contribution in [0.15, 0.2) is 67.0 Å². The summed E-state index contributed by atoms with van der Waals surface area (Å²) in [4.78, 5) is 32.2. The molecule has 1 aromatic heterocycles. The first kappa shape index (κ1) is 23.9. The van der Waals surface area contributed by atoms with Crippen molar-refractivity contribution in [1.82, 2.24) is 15.2 Å². The lowest BCUT2D eigenvalue weighted by molar-refractivity contribution is -0.140. The molecule has 34 heavy (non-hydrogen) atoms. The Morgan fingerprint density at radius 3 is 2.76 bits per heavy atom. The van der Waals surface area contributed by atoms with E-state index in [1.54, 1.807) is 20.0 Å². The van der Waals surface area contributed by atoms with Gasteiger partial charge in [-0.15, -0.1) is 0 Å². The molecule has 2 amide bonds. The van der Waals surface area contributed by atoms with Gasteiger partial charge in [-0.25, -0.2) is 0 Å². The number of carbonyl (C=O) groups is 2. The summed E-state index contributed by atoms with van der Waals surface area (Å²) in [6.45, 7) is 5.79. The summed E-state index contributed by atoms with van der Waals surface area (Å²) in [5.74, 6) is -0.0226. The van der Waals surface area contributed by atoms with E-state index in [4.69, 9.17) is 4.74 Å². The zero-order valence-corrected chi connectivity index (χ0v) is 20.0. The highest BCUT2D eigenvalue weighted by Crippen LogP contribution is 2.23. The van der Waals surface area contributed by atoms with Crippen molar-refractivity contribution in [3.05, 3.63) is 78.1 Å². The second-order valence-corrected chi connectivity index (χ2v) is 9.57. The van der Waals surface area contributed by atoms with Gasteiger partial charge in [0.15, 0.2) is 0 Å². The number of ether oxygens (including phenoxy) is 1. The molecule has 6 heteroatoms. The number of amides is 2. The second-order valence-electron chi connectivity index (χ2n) is 9.57. The summed E-state index contributed by atoms with van der Waals surface area (Å²) in [5, 5.41) is 5.25. The van der Waals surface area contributed by atoms with Crippen molar-refractivity contribution in [2.24, 2.45) is 5.92 Å². The molecule has 3 aromatic rings. The van der Waals surface area contributed by atoms with E-state index < -0.39 is 5.54 Å². The molecule has 1 fully saturated rings. The fraction of sp³-hybridized carbons (Fsp3) is 0.393. The Balaban J connectivity index is 1.38. The molecule has 0 spiro atoms. The molecular weight excluding hydrogens is 426 g/mol. The first-order valence-electron chi connectivity index (χ1n) is 12.0. The predicted octanol–water partition coefficient (Wildman–Crippen LogP) is 3.78. The molecule has 1 aliphatic rings. The Morgan fingerprint density at radius 2 is 1.94 bits per heavy atom. The third-order valence-corrected chi connectivity index (χ3v) is 6.38. The number of nitrogens with one attached hydrogen (secondary N) is 1. The van der Waals surface area contributed by atoms with Crippen molar-refractivity contribution < 1.29 is 14.3 Å². The minimum atomic E-state index is -0.980. The monoisotopic (exact) mass is 459 g/mol. The number of hydrogen-bond acceptors (Lipinski definition) is 4. The van der Waals surface area contributed by atoms with Crippen molar-refractivity contribution in [1.29, 1.82) is 0 Å². The van der Waals surface area contributed by atoms with Gasteiger partial charge >= 0.3 is 0 Å². The lowest BCUT2D eigenvalue weighted by atomic mass is 9.95. The van der Waals surface area contributed by atoms with Crippen LogP contribution in [0.2, 0.25) is 0 Å². The Morgan fingerprint density at radius 1 is 1.12 bits per heavy atom. The van der Waals surface area contributed by atoms with Crippen LogP contribution in [-0.2, 0) is 27.2 Å². The molecule has 1 saturated heterocycles. The summed E-state index contributed by atoms with van der Waals surface area (Å²) in [6, 6.07) is 18.2. The standard InChI is InChI=1S/C28H33N3O3/c1-28(2,30-26(32)12-11-21-7-4-3-5-8-21)27(33)31-15-16-34-20-22(19-31)17-24-10-6-9-23-13-14-29-18-25(23)24/h3-10,13-14,18,22H,11-12,15-17,19-20H2,1-2H3,(H,30,32). The Hall–Kier alpha value is -3.25. The predicted molar refractivity (Wildman–Crippen MR) is 133 cm³/mol. The lowest BCUT2D eigenvalue weighted by Crippen LogP contribution is -2.57. The molecule has 1 aliphatic heterocycles. The largest absolute Gasteiger partial charge is 0.379 e. The Bertz CT molecular complexity index is 1120. The minimum Gasteiger partial charge on any atom is -0.379 e. The number of rotatable bonds is 7. The van der Waals surface area contributed by atoms with Crippen LogP contribution in [0, 0.1) is 5.92 Å². The molecule has 0 saturated carbocycles. The van der Waals surface area contributed by atoms with Crippen LogP contribution >= 0.6 is 0 Å². The molecule has 1 atom stereocenters. The van der Waals surface area contributed by atoms with Crippen molar-refractivity contribution in [3.8, 4) is 0 Å². The number of pyridine rings is 1. The van der Waals surface area contributed by atoms with Gasteiger partial charge in [0, 0.05) is 43.2 Å². The normalized spacial score (nSPS) is 16.8. The third-order valence-electron chi connectivity index (χ3n) is 6.38. The summed E-state index contributed by atoms with van der Waals surface area (Å²) >= 11 is 0. The fourth-order valence-corrected chi connectivity index (χ4v) is 4.62. The van der Waals surface area contributed by atoms with Crippen LogP contribution in [0.3, 0.4) is 0 Å². The average molecular weight is 460 g/mol. The first-order valence-corrected chi connectivity index (χ1v) is 12.0. The minimum absolute atomic E-state index is 0.0735. The highest BCUT2D eigenvalue weighted by molar-refractivity contribution is 5.91. The molecule has 178 valence electrons. The highest BCUT2D eigenvalue weighted by atomic mass is 16.5. The van der Waals surface area contributed by atoms with Crippen LogP contribution in [0.1, 0.15) is 31.4 Å². The number of fused-ring (bicyclic) bond motifs is 1. The van der Waals surface area contributed by atoms with Crippen molar-refractivity contribution in [2.75, 3.05) is 26.3 Å². The lowest BCUT2D eigenvalue weighted by Gasteiger charge is -2.33. The number of benzene rings is 2. The van der Waals surface area contributed by atoms with Gasteiger partial charge < -0.3 is 15.0 Å². The molecule has 0 bridgehead atoms. The summed E-state index contributed by atoms with van der Waals surface area (Å²) in [6.07, 6.45) is 5.51. The maximum atomic E-state index is 13.4. The van der Waals surface area contributed by atoms with Gasteiger partial charge in [0.05, 0.1) is 13.2 Å². The second kappa shape index (κ2) is 10.8. The van der Waals surface area contributed by atoms with Gasteiger partial charge in [-0.1, -0.05) is 48.5 Å². The van der Waals surface area contributed by atoms with Gasteiger partial charge in [0.2, 0.25) is 11.8 Å². The number of hydrogen-bond donors (Lipinski definition) is 1. The maximum Gasteiger partial charge on any atom is 0.247 e. The van der Waals surface area contributed by atoms with Crippen LogP contribution in [-0.4, -0.2) is 53.5 Å². The molecule has 0 aliphatic carbocycles. The Kier molecular flexibility index (Phi) is 7.58. The third kappa shape index (κ3) is 6.00. The summed E-state index contributed by atoms with van der Waals surface area (Å²) in [7, 11) is 0. The highest BCUT2D eigenvalue weighted by Gasteiger charge is 2.35. The van der Waals surface area contributed by atoms with Crippen LogP contribution in [0.25, 0.3) is 10.8 Å². The van der Waals surface area contributed by atoms with E-state index >= 15 is 0 Å². The topological polar surface area (TPSA) is 71.5 Å². The van der Waals surface area contributed by atoms with Crippen molar-refractivity contribution in [3.63, 3.8) is 0 Å². The number of aryl methyl sites for hydroxylation is 1. The molecule has 1 N–H and O–H groups in total. The van der Waals surface area contributed by atoms with E-state index in [0.29, 0.717) is 39.1 Å². The fourth-order valence-electron chi connectivity index (χ4n) is 4.62. The molecule has 2 aromatic carbocycles. The molecule has 2 heterocycles. The van der Waals surface area contributed by atoms with Gasteiger partial charge in [0.25, 0.3) is 0 Å². The number of carbonyl (C=O) groups excluding carboxylic acids is 2. The van der Waals surface area contributed by atoms with Gasteiger partial charge in [-0.3, -0.25) is 14.6 Å². The maximum absolute atomic E-state index is 13.4. The number of aromatic nitrogens is 1. The Labute approximate surface area is 201 Å². The number of nitrogens with zero attached hydrogens (tertiary/aromatic N) is 2. The molecule has 4 rings (SSSR count). The summed E-state index contributed by atoms with van der Waals surface area (Å²) in [5.41, 5.74) is 1.34. The van der Waals surface area contributed by atoms with Crippen LogP contribution in [0.5, 0.6) is 0 Å². The van der Waals surface area contributed by atoms with Crippen molar-refractivity contribution >= 4 is 22.6 Å². The average Bonchev–Trinajstić information content (AvgIpc) is 3.08. The smallest absolute Gasteiger partial charge is 0.247 e. The molecule has 6 nitrogen and oxygen atoms in total. The quantitative estimate of drug-likeness (QED) is 0.584. The van der Waals surface area contributed by atoms with Gasteiger partial charge in [-0.05, 0) is 49.3 Å². The molecule has 1 unspecified atom stereocenters. The van der Waals surface area contributed by atoms with Crippen molar-refractivity contribution in [2.45, 2.75) is 38.6 Å². The summed E-state index contributed by atoms with van der Waals surface area (Å²) < 4.78 is 5.86.